The Morgan fingerprint density at radius 3 is 2.56 bits per heavy atom. The Labute approximate surface area is 194 Å². The monoisotopic (exact) mass is 481 g/mol. The van der Waals surface area contributed by atoms with Crippen LogP contribution in [0.1, 0.15) is 37.8 Å². The molecule has 0 spiro atoms. The highest BCUT2D eigenvalue weighted by atomic mass is 32.2. The van der Waals surface area contributed by atoms with Crippen molar-refractivity contribution < 1.29 is 27.4 Å². The minimum absolute atomic E-state index is 0.0837. The van der Waals surface area contributed by atoms with E-state index in [1.807, 2.05) is 6.92 Å². The molecule has 1 aliphatic rings. The summed E-state index contributed by atoms with van der Waals surface area (Å²) >= 11 is 6.32. The standard InChI is InChI=1S/C23H22F3NO3S2/c1-3-5-11-30-18-10-9-15(12-19(18)29-4-2)13-20-21(28)27(22(31)32-20)17-8-6-7-16(14-17)23(24,25)26/h6-10,12-14H,3-5,11H2,1-2H3/b20-13+. The van der Waals surface area contributed by atoms with Crippen molar-refractivity contribution in [1.82, 2.24) is 0 Å². The molecule has 0 N–H and O–H groups in total. The van der Waals surface area contributed by atoms with Crippen LogP contribution in [0.5, 0.6) is 11.5 Å². The van der Waals surface area contributed by atoms with Crippen molar-refractivity contribution in [2.75, 3.05) is 18.1 Å². The number of rotatable bonds is 8. The summed E-state index contributed by atoms with van der Waals surface area (Å²) in [4.78, 5) is 14.4. The van der Waals surface area contributed by atoms with Gasteiger partial charge in [0.05, 0.1) is 29.4 Å². The number of thiocarbonyl (C=S) groups is 1. The molecule has 0 unspecified atom stereocenters. The Bertz CT molecular complexity index is 1040. The summed E-state index contributed by atoms with van der Waals surface area (Å²) in [5.41, 5.74) is -0.0608. The quantitative estimate of drug-likeness (QED) is 0.239. The van der Waals surface area contributed by atoms with Crippen molar-refractivity contribution >= 4 is 46.0 Å². The van der Waals surface area contributed by atoms with Crippen molar-refractivity contribution in [2.45, 2.75) is 32.9 Å². The molecule has 2 aromatic rings. The van der Waals surface area contributed by atoms with E-state index in [1.54, 1.807) is 24.3 Å². The number of amides is 1. The first-order chi connectivity index (χ1) is 15.2. The van der Waals surface area contributed by atoms with Crippen LogP contribution >= 0.6 is 24.0 Å². The first kappa shape index (κ1) is 24.1. The highest BCUT2D eigenvalue weighted by molar-refractivity contribution is 8.27. The number of thioether (sulfide) groups is 1. The van der Waals surface area contributed by atoms with Crippen LogP contribution in [0.2, 0.25) is 0 Å². The summed E-state index contributed by atoms with van der Waals surface area (Å²) in [6.07, 6.45) is -0.935. The van der Waals surface area contributed by atoms with E-state index >= 15 is 0 Å². The zero-order chi connectivity index (χ0) is 23.3. The number of halogens is 3. The van der Waals surface area contributed by atoms with Crippen LogP contribution in [0.3, 0.4) is 0 Å². The molecule has 1 amide bonds. The largest absolute Gasteiger partial charge is 0.490 e. The Kier molecular flexibility index (Phi) is 7.84. The number of nitrogens with zero attached hydrogens (tertiary/aromatic N) is 1. The van der Waals surface area contributed by atoms with Crippen LogP contribution in [-0.2, 0) is 11.0 Å². The molecule has 170 valence electrons. The van der Waals surface area contributed by atoms with Crippen LogP contribution in [0.25, 0.3) is 6.08 Å². The lowest BCUT2D eigenvalue weighted by atomic mass is 10.1. The fraction of sp³-hybridized carbons (Fsp3) is 0.304. The fourth-order valence-electron chi connectivity index (χ4n) is 2.99. The maximum atomic E-state index is 13.1. The van der Waals surface area contributed by atoms with E-state index < -0.39 is 17.6 Å². The van der Waals surface area contributed by atoms with Gasteiger partial charge in [-0.3, -0.25) is 9.69 Å². The van der Waals surface area contributed by atoms with E-state index in [2.05, 4.69) is 6.92 Å². The summed E-state index contributed by atoms with van der Waals surface area (Å²) < 4.78 is 50.8. The maximum Gasteiger partial charge on any atom is 0.416 e. The number of alkyl halides is 3. The summed E-state index contributed by atoms with van der Waals surface area (Å²) in [5, 5.41) is 0. The van der Waals surface area contributed by atoms with E-state index in [4.69, 9.17) is 21.7 Å². The number of benzene rings is 2. The number of anilines is 1. The molecule has 0 radical (unpaired) electrons. The van der Waals surface area contributed by atoms with Crippen LogP contribution in [0, 0.1) is 0 Å². The lowest BCUT2D eigenvalue weighted by molar-refractivity contribution is -0.137. The minimum Gasteiger partial charge on any atom is -0.490 e. The summed E-state index contributed by atoms with van der Waals surface area (Å²) in [6.45, 7) is 4.96. The van der Waals surface area contributed by atoms with Gasteiger partial charge in [-0.05, 0) is 55.3 Å². The molecule has 1 aliphatic heterocycles. The number of hydrogen-bond donors (Lipinski definition) is 0. The Morgan fingerprint density at radius 1 is 1.09 bits per heavy atom. The number of hydrogen-bond acceptors (Lipinski definition) is 5. The summed E-state index contributed by atoms with van der Waals surface area (Å²) in [6, 6.07) is 9.90. The molecule has 1 saturated heterocycles. The molecule has 1 heterocycles. The van der Waals surface area contributed by atoms with E-state index in [9.17, 15) is 18.0 Å². The van der Waals surface area contributed by atoms with Crippen LogP contribution < -0.4 is 14.4 Å². The first-order valence-electron chi connectivity index (χ1n) is 10.1. The van der Waals surface area contributed by atoms with Crippen molar-refractivity contribution in [3.8, 4) is 11.5 Å². The first-order valence-corrected chi connectivity index (χ1v) is 11.3. The van der Waals surface area contributed by atoms with E-state index in [0.29, 0.717) is 35.2 Å². The molecular weight excluding hydrogens is 459 g/mol. The van der Waals surface area contributed by atoms with Crippen molar-refractivity contribution in [3.05, 3.63) is 58.5 Å². The second kappa shape index (κ2) is 10.4. The van der Waals surface area contributed by atoms with Crippen molar-refractivity contribution in [1.29, 1.82) is 0 Å². The second-order valence-electron chi connectivity index (χ2n) is 6.91. The molecule has 0 aromatic heterocycles. The van der Waals surface area contributed by atoms with Crippen LogP contribution in [0.15, 0.2) is 47.4 Å². The summed E-state index contributed by atoms with van der Waals surface area (Å²) in [7, 11) is 0. The highest BCUT2D eigenvalue weighted by Gasteiger charge is 2.36. The van der Waals surface area contributed by atoms with Gasteiger partial charge in [0, 0.05) is 0 Å². The number of carbonyl (C=O) groups excluding carboxylic acids is 1. The molecule has 3 rings (SSSR count). The summed E-state index contributed by atoms with van der Waals surface area (Å²) in [5.74, 6) is 0.709. The van der Waals surface area contributed by atoms with Gasteiger partial charge in [0.1, 0.15) is 0 Å². The average molecular weight is 482 g/mol. The minimum atomic E-state index is -4.51. The maximum absolute atomic E-state index is 13.1. The van der Waals surface area contributed by atoms with Gasteiger partial charge in [-0.15, -0.1) is 0 Å². The number of unbranched alkanes of at least 4 members (excludes halogenated alkanes) is 1. The third-order valence-electron chi connectivity index (χ3n) is 4.55. The van der Waals surface area contributed by atoms with Crippen LogP contribution in [-0.4, -0.2) is 23.4 Å². The van der Waals surface area contributed by atoms with Crippen molar-refractivity contribution in [3.63, 3.8) is 0 Å². The number of ether oxygens (including phenoxy) is 2. The molecule has 32 heavy (non-hydrogen) atoms. The average Bonchev–Trinajstić information content (AvgIpc) is 3.02. The molecular formula is C23H22F3NO3S2. The molecule has 9 heteroatoms. The zero-order valence-corrected chi connectivity index (χ0v) is 19.2. The predicted molar refractivity (Wildman–Crippen MR) is 125 cm³/mol. The predicted octanol–water partition coefficient (Wildman–Crippen LogP) is 6.69. The van der Waals surface area contributed by atoms with Gasteiger partial charge in [0.15, 0.2) is 15.8 Å². The lowest BCUT2D eigenvalue weighted by Gasteiger charge is -2.16. The van der Waals surface area contributed by atoms with E-state index in [1.165, 1.54) is 12.1 Å². The van der Waals surface area contributed by atoms with Gasteiger partial charge in [0.25, 0.3) is 5.91 Å². The Balaban J connectivity index is 1.86. The SMILES string of the molecule is CCCCOc1ccc(/C=C2/SC(=S)N(c3cccc(C(F)(F)F)c3)C2=O)cc1OCC. The van der Waals surface area contributed by atoms with Gasteiger partial charge >= 0.3 is 6.18 Å². The van der Waals surface area contributed by atoms with Crippen molar-refractivity contribution in [2.24, 2.45) is 0 Å². The van der Waals surface area contributed by atoms with Gasteiger partial charge < -0.3 is 9.47 Å². The molecule has 1 fully saturated rings. The Morgan fingerprint density at radius 2 is 1.88 bits per heavy atom. The smallest absolute Gasteiger partial charge is 0.416 e. The van der Waals surface area contributed by atoms with Gasteiger partial charge in [-0.1, -0.05) is 49.5 Å². The van der Waals surface area contributed by atoms with Crippen LogP contribution in [0.4, 0.5) is 18.9 Å². The fourth-order valence-corrected chi connectivity index (χ4v) is 4.29. The lowest BCUT2D eigenvalue weighted by Crippen LogP contribution is -2.27. The van der Waals surface area contributed by atoms with Gasteiger partial charge in [-0.25, -0.2) is 0 Å². The highest BCUT2D eigenvalue weighted by Crippen LogP contribution is 2.39. The molecule has 0 saturated carbocycles. The molecule has 0 aliphatic carbocycles. The second-order valence-corrected chi connectivity index (χ2v) is 8.58. The van der Waals surface area contributed by atoms with E-state index in [0.717, 1.165) is 41.6 Å². The van der Waals surface area contributed by atoms with E-state index in [-0.39, 0.29) is 10.0 Å². The molecule has 0 bridgehead atoms. The third kappa shape index (κ3) is 5.63. The number of carbonyl (C=O) groups is 1. The Hall–Kier alpha value is -2.52. The molecule has 4 nitrogen and oxygen atoms in total. The third-order valence-corrected chi connectivity index (χ3v) is 5.85. The molecule has 2 aromatic carbocycles. The van der Waals surface area contributed by atoms with Gasteiger partial charge in [-0.2, -0.15) is 13.2 Å². The topological polar surface area (TPSA) is 38.8 Å². The van der Waals surface area contributed by atoms with Gasteiger partial charge in [0.2, 0.25) is 0 Å². The molecule has 0 atom stereocenters. The zero-order valence-electron chi connectivity index (χ0n) is 17.6. The normalized spacial score (nSPS) is 15.5.